The Labute approximate surface area is 237 Å². The second-order valence-electron chi connectivity index (χ2n) is 8.85. The number of methoxy groups -OCH3 is 1. The molecule has 0 saturated carbocycles. The zero-order valence-electron chi connectivity index (χ0n) is 22.8. The van der Waals surface area contributed by atoms with E-state index in [2.05, 4.69) is 15.8 Å². The fourth-order valence-corrected chi connectivity index (χ4v) is 3.69. The number of hydrogen-bond donors (Lipinski definition) is 2. The summed E-state index contributed by atoms with van der Waals surface area (Å²) in [6.45, 7) is 4.12. The van der Waals surface area contributed by atoms with Gasteiger partial charge in [0.25, 0.3) is 11.8 Å². The lowest BCUT2D eigenvalue weighted by molar-refractivity contribution is 0.0728. The number of amides is 2. The molecule has 4 aromatic rings. The van der Waals surface area contributed by atoms with E-state index in [0.29, 0.717) is 46.0 Å². The van der Waals surface area contributed by atoms with Gasteiger partial charge >= 0.3 is 5.97 Å². The lowest BCUT2D eigenvalue weighted by Gasteiger charge is -2.11. The summed E-state index contributed by atoms with van der Waals surface area (Å²) in [5, 5.41) is 6.83. The van der Waals surface area contributed by atoms with Gasteiger partial charge in [0.2, 0.25) is 0 Å². The predicted octanol–water partition coefficient (Wildman–Crippen LogP) is 5.64. The number of hydrogen-bond acceptors (Lipinski definition) is 7. The number of ether oxygens (including phenoxy) is 3. The van der Waals surface area contributed by atoms with Gasteiger partial charge in [0.1, 0.15) is 5.75 Å². The van der Waals surface area contributed by atoms with Gasteiger partial charge in [0, 0.05) is 16.8 Å². The summed E-state index contributed by atoms with van der Waals surface area (Å²) in [5.74, 6) is 0.0403. The van der Waals surface area contributed by atoms with Crippen LogP contribution in [0.3, 0.4) is 0 Å². The Morgan fingerprint density at radius 3 is 2.07 bits per heavy atom. The largest absolute Gasteiger partial charge is 0.497 e. The monoisotopic (exact) mass is 551 g/mol. The first kappa shape index (κ1) is 28.6. The molecule has 0 aliphatic heterocycles. The van der Waals surface area contributed by atoms with Crippen molar-refractivity contribution in [2.75, 3.05) is 19.0 Å². The highest BCUT2D eigenvalue weighted by atomic mass is 16.6. The van der Waals surface area contributed by atoms with Crippen molar-refractivity contribution in [2.45, 2.75) is 13.8 Å². The van der Waals surface area contributed by atoms with Crippen LogP contribution in [0.15, 0.2) is 96.1 Å². The maximum absolute atomic E-state index is 12.6. The zero-order valence-corrected chi connectivity index (χ0v) is 22.8. The molecule has 4 rings (SSSR count). The molecule has 2 amide bonds. The van der Waals surface area contributed by atoms with E-state index in [9.17, 15) is 14.4 Å². The van der Waals surface area contributed by atoms with Crippen molar-refractivity contribution in [2.24, 2.45) is 5.10 Å². The van der Waals surface area contributed by atoms with Crippen molar-refractivity contribution in [1.82, 2.24) is 5.43 Å². The van der Waals surface area contributed by atoms with Gasteiger partial charge in [0.15, 0.2) is 11.5 Å². The Bertz CT molecular complexity index is 1550. The molecule has 4 aromatic carbocycles. The third kappa shape index (κ3) is 7.79. The highest BCUT2D eigenvalue weighted by Gasteiger charge is 2.14. The summed E-state index contributed by atoms with van der Waals surface area (Å²) in [5.41, 5.74) is 6.00. The number of aryl methyl sites for hydroxylation is 1. The quantitative estimate of drug-likeness (QED) is 0.114. The zero-order chi connectivity index (χ0) is 29.2. The van der Waals surface area contributed by atoms with Crippen LogP contribution in [0, 0.1) is 6.92 Å². The van der Waals surface area contributed by atoms with Crippen molar-refractivity contribution in [3.05, 3.63) is 119 Å². The van der Waals surface area contributed by atoms with Gasteiger partial charge in [-0.15, -0.1) is 0 Å². The highest BCUT2D eigenvalue weighted by molar-refractivity contribution is 6.04. The maximum Gasteiger partial charge on any atom is 0.343 e. The van der Waals surface area contributed by atoms with Crippen LogP contribution in [0.2, 0.25) is 0 Å². The summed E-state index contributed by atoms with van der Waals surface area (Å²) in [4.78, 5) is 37.5. The molecule has 0 atom stereocenters. The van der Waals surface area contributed by atoms with Crippen LogP contribution in [0.4, 0.5) is 5.69 Å². The Morgan fingerprint density at radius 1 is 0.780 bits per heavy atom. The molecule has 0 fully saturated rings. The number of nitrogens with one attached hydrogen (secondary N) is 2. The van der Waals surface area contributed by atoms with Crippen LogP contribution in [0.1, 0.15) is 49.1 Å². The Balaban J connectivity index is 1.35. The molecular weight excluding hydrogens is 522 g/mol. The third-order valence-electron chi connectivity index (χ3n) is 5.89. The number of carbonyl (C=O) groups is 3. The topological polar surface area (TPSA) is 115 Å². The number of esters is 1. The van der Waals surface area contributed by atoms with Crippen LogP contribution in [0.5, 0.6) is 17.2 Å². The van der Waals surface area contributed by atoms with Crippen molar-refractivity contribution >= 4 is 29.7 Å². The molecule has 0 aliphatic rings. The van der Waals surface area contributed by atoms with Gasteiger partial charge in [-0.05, 0) is 98.3 Å². The fourth-order valence-electron chi connectivity index (χ4n) is 3.69. The van der Waals surface area contributed by atoms with Gasteiger partial charge in [-0.1, -0.05) is 17.7 Å². The van der Waals surface area contributed by atoms with E-state index in [4.69, 9.17) is 14.2 Å². The van der Waals surface area contributed by atoms with Crippen molar-refractivity contribution in [3.8, 4) is 17.2 Å². The van der Waals surface area contributed by atoms with Crippen molar-refractivity contribution in [1.29, 1.82) is 0 Å². The van der Waals surface area contributed by atoms with Crippen molar-refractivity contribution in [3.63, 3.8) is 0 Å². The van der Waals surface area contributed by atoms with E-state index in [1.54, 1.807) is 86.0 Å². The molecule has 0 bridgehead atoms. The first-order chi connectivity index (χ1) is 19.9. The van der Waals surface area contributed by atoms with Crippen LogP contribution < -0.4 is 25.0 Å². The highest BCUT2D eigenvalue weighted by Crippen LogP contribution is 2.29. The summed E-state index contributed by atoms with van der Waals surface area (Å²) in [7, 11) is 1.55. The lowest BCUT2D eigenvalue weighted by Crippen LogP contribution is -2.18. The fraction of sp³-hybridized carbons (Fsp3) is 0.125. The van der Waals surface area contributed by atoms with Gasteiger partial charge in [-0.3, -0.25) is 9.59 Å². The lowest BCUT2D eigenvalue weighted by atomic mass is 10.1. The second-order valence-corrected chi connectivity index (χ2v) is 8.85. The second kappa shape index (κ2) is 13.6. The number of hydrazone groups is 1. The SMILES string of the molecule is CCOc1cc(/C=N\NC(=O)c2ccc(NC(=O)c3ccc(C)cc3)cc2)ccc1OC(=O)c1ccc(OC)cc1. The molecule has 0 radical (unpaired) electrons. The maximum atomic E-state index is 12.6. The summed E-state index contributed by atoms with van der Waals surface area (Å²) < 4.78 is 16.3. The predicted molar refractivity (Wildman–Crippen MR) is 156 cm³/mol. The standard InChI is InChI=1S/C32H29N3O6/c1-4-40-29-19-22(7-18-28(29)41-32(38)25-12-16-27(39-3)17-13-25)20-33-35-31(37)24-10-14-26(15-11-24)34-30(36)23-8-5-21(2)6-9-23/h5-20H,4H2,1-3H3,(H,34,36)(H,35,37)/b33-20-. The molecule has 0 aliphatic carbocycles. The Morgan fingerprint density at radius 2 is 1.41 bits per heavy atom. The van der Waals surface area contributed by atoms with E-state index >= 15 is 0 Å². The number of rotatable bonds is 10. The van der Waals surface area contributed by atoms with Crippen LogP contribution in [0.25, 0.3) is 0 Å². The molecule has 9 nitrogen and oxygen atoms in total. The molecule has 208 valence electrons. The molecular formula is C32H29N3O6. The van der Waals surface area contributed by atoms with Crippen LogP contribution >= 0.6 is 0 Å². The van der Waals surface area contributed by atoms with Crippen LogP contribution in [-0.2, 0) is 0 Å². The average Bonchev–Trinajstić information content (AvgIpc) is 2.99. The van der Waals surface area contributed by atoms with E-state index in [-0.39, 0.29) is 11.7 Å². The molecule has 2 N–H and O–H groups in total. The van der Waals surface area contributed by atoms with E-state index < -0.39 is 11.9 Å². The Kier molecular flexibility index (Phi) is 9.45. The number of nitrogens with zero attached hydrogens (tertiary/aromatic N) is 1. The minimum atomic E-state index is -0.539. The van der Waals surface area contributed by atoms with Gasteiger partial charge in [-0.25, -0.2) is 10.2 Å². The van der Waals surface area contributed by atoms with E-state index in [1.807, 2.05) is 26.0 Å². The first-order valence-corrected chi connectivity index (χ1v) is 12.8. The van der Waals surface area contributed by atoms with E-state index in [0.717, 1.165) is 5.56 Å². The Hall–Kier alpha value is -5.44. The average molecular weight is 552 g/mol. The summed E-state index contributed by atoms with van der Waals surface area (Å²) in [6.07, 6.45) is 1.45. The van der Waals surface area contributed by atoms with Gasteiger partial charge in [0.05, 0.1) is 25.5 Å². The van der Waals surface area contributed by atoms with E-state index in [1.165, 1.54) is 6.21 Å². The molecule has 0 heterocycles. The van der Waals surface area contributed by atoms with Gasteiger partial charge < -0.3 is 19.5 Å². The third-order valence-corrected chi connectivity index (χ3v) is 5.89. The summed E-state index contributed by atoms with van der Waals surface area (Å²) in [6, 6.07) is 25.2. The molecule has 0 aromatic heterocycles. The smallest absolute Gasteiger partial charge is 0.343 e. The number of anilines is 1. The first-order valence-electron chi connectivity index (χ1n) is 12.8. The molecule has 9 heteroatoms. The molecule has 41 heavy (non-hydrogen) atoms. The van der Waals surface area contributed by atoms with Crippen LogP contribution in [-0.4, -0.2) is 37.7 Å². The summed E-state index contributed by atoms with van der Waals surface area (Å²) >= 11 is 0. The molecule has 0 unspecified atom stereocenters. The van der Waals surface area contributed by atoms with Crippen molar-refractivity contribution < 1.29 is 28.6 Å². The number of carbonyl (C=O) groups excluding carboxylic acids is 3. The molecule has 0 saturated heterocycles. The minimum absolute atomic E-state index is 0.236. The number of benzene rings is 4. The molecule has 0 spiro atoms. The minimum Gasteiger partial charge on any atom is -0.497 e. The van der Waals surface area contributed by atoms with Gasteiger partial charge in [-0.2, -0.15) is 5.10 Å². The normalized spacial score (nSPS) is 10.6.